The third-order valence-electron chi connectivity index (χ3n) is 4.39. The number of aliphatic hydroxyl groups is 1. The van der Waals surface area contributed by atoms with Crippen molar-refractivity contribution in [3.05, 3.63) is 27.7 Å². The molecule has 2 aliphatic rings. The van der Waals surface area contributed by atoms with Gasteiger partial charge in [-0.15, -0.1) is 0 Å². The van der Waals surface area contributed by atoms with Gasteiger partial charge in [-0.05, 0) is 66.2 Å². The lowest BCUT2D eigenvalue weighted by atomic mass is 9.97. The minimum atomic E-state index is -0.143. The zero-order chi connectivity index (χ0) is 13.6. The van der Waals surface area contributed by atoms with Gasteiger partial charge in [0.1, 0.15) is 6.07 Å². The number of halogens is 1. The standard InChI is InChI=1S/C15H17BrN2O/c1-9-4-10(8-17)14(16)7-15(9)18-11-2-3-12(18)6-13(19)5-11/h4,7,11-13,19H,2-3,5-6H2,1H3. The summed E-state index contributed by atoms with van der Waals surface area (Å²) in [6.45, 7) is 2.06. The van der Waals surface area contributed by atoms with Crippen molar-refractivity contribution in [2.45, 2.75) is 50.8 Å². The Hall–Kier alpha value is -1.05. The lowest BCUT2D eigenvalue weighted by Crippen LogP contribution is -2.45. The molecule has 1 N–H and O–H groups in total. The fraction of sp³-hybridized carbons (Fsp3) is 0.533. The van der Waals surface area contributed by atoms with E-state index in [0.29, 0.717) is 17.6 Å². The summed E-state index contributed by atoms with van der Waals surface area (Å²) in [5, 5.41) is 19.0. The Morgan fingerprint density at radius 2 is 1.95 bits per heavy atom. The molecule has 3 rings (SSSR count). The van der Waals surface area contributed by atoms with Crippen molar-refractivity contribution in [1.82, 2.24) is 0 Å². The van der Waals surface area contributed by atoms with E-state index in [-0.39, 0.29) is 6.10 Å². The average Bonchev–Trinajstić information content (AvgIpc) is 2.63. The predicted octanol–water partition coefficient (Wildman–Crippen LogP) is 3.12. The van der Waals surface area contributed by atoms with Crippen molar-refractivity contribution in [2.24, 2.45) is 0 Å². The van der Waals surface area contributed by atoms with Gasteiger partial charge in [-0.1, -0.05) is 0 Å². The molecule has 2 atom stereocenters. The molecule has 2 saturated heterocycles. The summed E-state index contributed by atoms with van der Waals surface area (Å²) in [7, 11) is 0. The lowest BCUT2D eigenvalue weighted by Gasteiger charge is -2.40. The van der Waals surface area contributed by atoms with Gasteiger partial charge in [0.05, 0.1) is 11.7 Å². The van der Waals surface area contributed by atoms with E-state index in [1.165, 1.54) is 18.5 Å². The van der Waals surface area contributed by atoms with E-state index < -0.39 is 0 Å². The van der Waals surface area contributed by atoms with Gasteiger partial charge < -0.3 is 10.0 Å². The van der Waals surface area contributed by atoms with Crippen LogP contribution in [0.1, 0.15) is 36.8 Å². The number of nitrogens with zero attached hydrogens (tertiary/aromatic N) is 2. The van der Waals surface area contributed by atoms with Crippen LogP contribution in [0.3, 0.4) is 0 Å². The van der Waals surface area contributed by atoms with Gasteiger partial charge in [-0.25, -0.2) is 0 Å². The number of hydrogen-bond acceptors (Lipinski definition) is 3. The van der Waals surface area contributed by atoms with Gasteiger partial charge >= 0.3 is 0 Å². The summed E-state index contributed by atoms with van der Waals surface area (Å²) in [6.07, 6.45) is 3.93. The largest absolute Gasteiger partial charge is 0.393 e. The molecule has 0 saturated carbocycles. The monoisotopic (exact) mass is 320 g/mol. The molecule has 0 aromatic heterocycles. The van der Waals surface area contributed by atoms with Crippen LogP contribution in [0.25, 0.3) is 0 Å². The minimum Gasteiger partial charge on any atom is -0.393 e. The van der Waals surface area contributed by atoms with E-state index in [4.69, 9.17) is 5.26 Å². The molecule has 0 spiro atoms. The molecular formula is C15H17BrN2O. The maximum absolute atomic E-state index is 9.88. The first-order chi connectivity index (χ1) is 9.10. The third-order valence-corrected chi connectivity index (χ3v) is 5.05. The summed E-state index contributed by atoms with van der Waals surface area (Å²) >= 11 is 3.48. The molecule has 2 unspecified atom stereocenters. The first kappa shape index (κ1) is 13.0. The van der Waals surface area contributed by atoms with Crippen LogP contribution >= 0.6 is 15.9 Å². The summed E-state index contributed by atoms with van der Waals surface area (Å²) in [5.74, 6) is 0. The number of hydrogen-bond donors (Lipinski definition) is 1. The van der Waals surface area contributed by atoms with E-state index in [2.05, 4.69) is 39.9 Å². The van der Waals surface area contributed by atoms with E-state index in [9.17, 15) is 5.11 Å². The smallest absolute Gasteiger partial charge is 0.100 e. The number of nitriles is 1. The number of benzene rings is 1. The van der Waals surface area contributed by atoms with Crippen LogP contribution in [0, 0.1) is 18.3 Å². The van der Waals surface area contributed by atoms with E-state index >= 15 is 0 Å². The number of piperidine rings is 1. The Bertz CT molecular complexity index is 538. The Balaban J connectivity index is 2.00. The quantitative estimate of drug-likeness (QED) is 0.864. The van der Waals surface area contributed by atoms with Crippen LogP contribution in [-0.4, -0.2) is 23.3 Å². The summed E-state index contributed by atoms with van der Waals surface area (Å²) in [6, 6.07) is 7.12. The van der Waals surface area contributed by atoms with Crippen molar-refractivity contribution in [3.63, 3.8) is 0 Å². The number of aryl methyl sites for hydroxylation is 1. The molecule has 0 aliphatic carbocycles. The van der Waals surface area contributed by atoms with E-state index in [1.807, 2.05) is 6.07 Å². The average molecular weight is 321 g/mol. The van der Waals surface area contributed by atoms with Crippen LogP contribution in [0.2, 0.25) is 0 Å². The zero-order valence-corrected chi connectivity index (χ0v) is 12.5. The van der Waals surface area contributed by atoms with Crippen molar-refractivity contribution < 1.29 is 5.11 Å². The highest BCUT2D eigenvalue weighted by molar-refractivity contribution is 9.10. The van der Waals surface area contributed by atoms with Crippen molar-refractivity contribution >= 4 is 21.6 Å². The van der Waals surface area contributed by atoms with Gasteiger partial charge in [0.2, 0.25) is 0 Å². The van der Waals surface area contributed by atoms with Crippen LogP contribution in [0.4, 0.5) is 5.69 Å². The van der Waals surface area contributed by atoms with Gasteiger partial charge in [0.15, 0.2) is 0 Å². The minimum absolute atomic E-state index is 0.143. The fourth-order valence-electron chi connectivity index (χ4n) is 3.58. The van der Waals surface area contributed by atoms with E-state index in [1.54, 1.807) is 0 Å². The van der Waals surface area contributed by atoms with Gasteiger partial charge in [-0.3, -0.25) is 0 Å². The van der Waals surface area contributed by atoms with E-state index in [0.717, 1.165) is 22.9 Å². The highest BCUT2D eigenvalue weighted by atomic mass is 79.9. The Kier molecular flexibility index (Phi) is 3.28. The Morgan fingerprint density at radius 1 is 1.32 bits per heavy atom. The molecule has 0 radical (unpaired) electrons. The number of rotatable bonds is 1. The molecule has 2 heterocycles. The van der Waals surface area contributed by atoms with Gasteiger partial charge in [0.25, 0.3) is 0 Å². The molecule has 1 aromatic rings. The molecule has 3 nitrogen and oxygen atoms in total. The normalized spacial score (nSPS) is 29.4. The lowest BCUT2D eigenvalue weighted by molar-refractivity contribution is 0.126. The molecule has 2 aliphatic heterocycles. The molecule has 100 valence electrons. The maximum atomic E-state index is 9.88. The maximum Gasteiger partial charge on any atom is 0.100 e. The van der Waals surface area contributed by atoms with Gasteiger partial charge in [-0.2, -0.15) is 5.26 Å². The van der Waals surface area contributed by atoms with Gasteiger partial charge in [0, 0.05) is 22.2 Å². The van der Waals surface area contributed by atoms with Crippen molar-refractivity contribution in [1.29, 1.82) is 5.26 Å². The van der Waals surface area contributed by atoms with Crippen molar-refractivity contribution in [2.75, 3.05) is 4.90 Å². The highest BCUT2D eigenvalue weighted by Gasteiger charge is 2.40. The molecule has 2 bridgehead atoms. The first-order valence-electron chi connectivity index (χ1n) is 6.76. The first-order valence-corrected chi connectivity index (χ1v) is 7.56. The van der Waals surface area contributed by atoms with Crippen LogP contribution in [-0.2, 0) is 0 Å². The molecule has 0 amide bonds. The topological polar surface area (TPSA) is 47.3 Å². The number of fused-ring (bicyclic) bond motifs is 2. The molecule has 19 heavy (non-hydrogen) atoms. The summed E-state index contributed by atoms with van der Waals surface area (Å²) < 4.78 is 0.862. The van der Waals surface area contributed by atoms with Crippen LogP contribution in [0.15, 0.2) is 16.6 Å². The second-order valence-electron chi connectivity index (χ2n) is 5.65. The fourth-order valence-corrected chi connectivity index (χ4v) is 4.00. The SMILES string of the molecule is Cc1cc(C#N)c(Br)cc1N1C2CCC1CC(O)C2. The second kappa shape index (κ2) is 4.81. The summed E-state index contributed by atoms with van der Waals surface area (Å²) in [4.78, 5) is 2.47. The molecule has 4 heteroatoms. The summed E-state index contributed by atoms with van der Waals surface area (Å²) in [5.41, 5.74) is 3.05. The van der Waals surface area contributed by atoms with Crippen molar-refractivity contribution in [3.8, 4) is 6.07 Å². The molecule has 2 fully saturated rings. The number of aliphatic hydroxyl groups excluding tert-OH is 1. The zero-order valence-electron chi connectivity index (χ0n) is 10.9. The highest BCUT2D eigenvalue weighted by Crippen LogP contribution is 2.41. The van der Waals surface area contributed by atoms with Crippen LogP contribution in [0.5, 0.6) is 0 Å². The third kappa shape index (κ3) is 2.15. The Morgan fingerprint density at radius 3 is 2.53 bits per heavy atom. The van der Waals surface area contributed by atoms with Crippen LogP contribution < -0.4 is 4.90 Å². The molecule has 1 aromatic carbocycles. The predicted molar refractivity (Wildman–Crippen MR) is 78.1 cm³/mol. The number of anilines is 1. The second-order valence-corrected chi connectivity index (χ2v) is 6.50. The Labute approximate surface area is 122 Å². The molecular weight excluding hydrogens is 304 g/mol.